The molecule has 0 radical (unpaired) electrons. The smallest absolute Gasteiger partial charge is 0.212 e. The first-order valence-electron chi connectivity index (χ1n) is 10.4. The van der Waals surface area contributed by atoms with Gasteiger partial charge in [0.2, 0.25) is 0 Å². The van der Waals surface area contributed by atoms with Crippen LogP contribution in [0.4, 0.5) is 17.6 Å². The molecule has 1 aromatic carbocycles. The summed E-state index contributed by atoms with van der Waals surface area (Å²) in [5.74, 6) is 0.349. The highest BCUT2D eigenvalue weighted by molar-refractivity contribution is 5.25. The van der Waals surface area contributed by atoms with Gasteiger partial charge in [0.25, 0.3) is 0 Å². The lowest BCUT2D eigenvalue weighted by atomic mass is 9.68. The van der Waals surface area contributed by atoms with Crippen molar-refractivity contribution in [1.29, 1.82) is 0 Å². The maximum absolute atomic E-state index is 13.8. The maximum Gasteiger partial charge on any atom is 0.412 e. The van der Waals surface area contributed by atoms with Gasteiger partial charge in [0.1, 0.15) is 5.83 Å². The summed E-state index contributed by atoms with van der Waals surface area (Å²) in [6, 6.07) is 8.99. The number of hydrogen-bond donors (Lipinski definition) is 0. The molecule has 2 saturated carbocycles. The van der Waals surface area contributed by atoms with Crippen LogP contribution in [0.3, 0.4) is 0 Å². The van der Waals surface area contributed by atoms with Gasteiger partial charge in [-0.3, -0.25) is 0 Å². The fraction of sp³-hybridized carbons (Fsp3) is 0.652. The highest BCUT2D eigenvalue weighted by Crippen LogP contribution is 2.45. The monoisotopic (exact) mass is 382 g/mol. The van der Waals surface area contributed by atoms with E-state index in [2.05, 4.69) is 31.2 Å². The Labute approximate surface area is 160 Å². The lowest BCUT2D eigenvalue weighted by Crippen LogP contribution is -2.25. The second kappa shape index (κ2) is 8.79. The van der Waals surface area contributed by atoms with E-state index in [1.165, 1.54) is 36.8 Å². The average molecular weight is 382 g/mol. The van der Waals surface area contributed by atoms with Crippen LogP contribution < -0.4 is 0 Å². The summed E-state index contributed by atoms with van der Waals surface area (Å²) in [5, 5.41) is 0. The minimum atomic E-state index is -4.55. The van der Waals surface area contributed by atoms with Crippen molar-refractivity contribution >= 4 is 0 Å². The Kier molecular flexibility index (Phi) is 6.65. The van der Waals surface area contributed by atoms with Crippen molar-refractivity contribution in [3.8, 4) is 0 Å². The van der Waals surface area contributed by atoms with E-state index in [-0.39, 0.29) is 6.08 Å². The van der Waals surface area contributed by atoms with Crippen molar-refractivity contribution in [2.45, 2.75) is 76.8 Å². The minimum absolute atomic E-state index is 0.146. The first-order chi connectivity index (χ1) is 12.9. The van der Waals surface area contributed by atoms with E-state index < -0.39 is 17.9 Å². The van der Waals surface area contributed by atoms with Gasteiger partial charge in [0, 0.05) is 5.92 Å². The third-order valence-electron chi connectivity index (χ3n) is 6.76. The van der Waals surface area contributed by atoms with E-state index in [9.17, 15) is 17.6 Å². The normalized spacial score (nSPS) is 30.3. The first kappa shape index (κ1) is 20.4. The van der Waals surface area contributed by atoms with E-state index in [0.29, 0.717) is 30.6 Å². The minimum Gasteiger partial charge on any atom is -0.212 e. The molecular weight excluding hydrogens is 352 g/mol. The molecule has 2 fully saturated rings. The third kappa shape index (κ3) is 5.58. The molecule has 2 aliphatic rings. The molecule has 150 valence electrons. The van der Waals surface area contributed by atoms with Gasteiger partial charge < -0.3 is 0 Å². The molecule has 0 aliphatic heterocycles. The Morgan fingerprint density at radius 2 is 1.41 bits per heavy atom. The quantitative estimate of drug-likeness (QED) is 0.467. The molecular formula is C23H30F4. The van der Waals surface area contributed by atoms with Gasteiger partial charge in [-0.05, 0) is 86.7 Å². The van der Waals surface area contributed by atoms with Gasteiger partial charge >= 0.3 is 6.18 Å². The molecule has 27 heavy (non-hydrogen) atoms. The number of hydrogen-bond acceptors (Lipinski definition) is 0. The van der Waals surface area contributed by atoms with Gasteiger partial charge in [-0.15, -0.1) is 0 Å². The Morgan fingerprint density at radius 1 is 0.889 bits per heavy atom. The topological polar surface area (TPSA) is 0 Å². The predicted octanol–water partition coefficient (Wildman–Crippen LogP) is 7.74. The van der Waals surface area contributed by atoms with Crippen LogP contribution in [-0.2, 0) is 6.42 Å². The third-order valence-corrected chi connectivity index (χ3v) is 6.76. The second-order valence-electron chi connectivity index (χ2n) is 8.39. The van der Waals surface area contributed by atoms with Crippen LogP contribution in [0.25, 0.3) is 0 Å². The van der Waals surface area contributed by atoms with Crippen molar-refractivity contribution in [2.24, 2.45) is 17.8 Å². The zero-order valence-corrected chi connectivity index (χ0v) is 16.1. The maximum atomic E-state index is 13.8. The summed E-state index contributed by atoms with van der Waals surface area (Å²) < 4.78 is 50.8. The molecule has 0 atom stereocenters. The number of rotatable bonds is 4. The van der Waals surface area contributed by atoms with Gasteiger partial charge in [-0.25, -0.2) is 4.39 Å². The van der Waals surface area contributed by atoms with Crippen molar-refractivity contribution < 1.29 is 17.6 Å². The largest absolute Gasteiger partial charge is 0.412 e. The zero-order valence-electron chi connectivity index (χ0n) is 16.1. The highest BCUT2D eigenvalue weighted by Gasteiger charge is 2.34. The van der Waals surface area contributed by atoms with E-state index >= 15 is 0 Å². The summed E-state index contributed by atoms with van der Waals surface area (Å²) in [4.78, 5) is 0. The van der Waals surface area contributed by atoms with E-state index in [4.69, 9.17) is 0 Å². The van der Waals surface area contributed by atoms with Crippen molar-refractivity contribution in [3.63, 3.8) is 0 Å². The fourth-order valence-electron chi connectivity index (χ4n) is 5.09. The summed E-state index contributed by atoms with van der Waals surface area (Å²) in [7, 11) is 0. The Bertz CT molecular complexity index is 613. The molecule has 0 aromatic heterocycles. The van der Waals surface area contributed by atoms with Crippen LogP contribution in [-0.4, -0.2) is 6.18 Å². The average Bonchev–Trinajstić information content (AvgIpc) is 2.67. The van der Waals surface area contributed by atoms with E-state index in [0.717, 1.165) is 19.3 Å². The summed E-state index contributed by atoms with van der Waals surface area (Å²) in [5.41, 5.74) is 2.81. The number of benzene rings is 1. The molecule has 4 heteroatoms. The van der Waals surface area contributed by atoms with Crippen molar-refractivity contribution in [3.05, 3.63) is 47.3 Å². The van der Waals surface area contributed by atoms with E-state index in [1.807, 2.05) is 0 Å². The van der Waals surface area contributed by atoms with Crippen LogP contribution in [0, 0.1) is 17.8 Å². The predicted molar refractivity (Wildman–Crippen MR) is 101 cm³/mol. The van der Waals surface area contributed by atoms with Crippen molar-refractivity contribution in [1.82, 2.24) is 0 Å². The zero-order chi connectivity index (χ0) is 19.4. The molecule has 0 spiro atoms. The SMILES string of the molecule is CCc1ccc(C2CCC(C3CCC(/C(F)=C/C(F)(F)F)CC3)CC2)cc1. The lowest BCUT2D eigenvalue weighted by Gasteiger charge is -2.37. The molecule has 0 nitrogen and oxygen atoms in total. The van der Waals surface area contributed by atoms with Crippen LogP contribution >= 0.6 is 0 Å². The summed E-state index contributed by atoms with van der Waals surface area (Å²) >= 11 is 0. The Morgan fingerprint density at radius 3 is 1.89 bits per heavy atom. The highest BCUT2D eigenvalue weighted by atomic mass is 19.4. The number of aryl methyl sites for hydroxylation is 1. The number of halogens is 4. The van der Waals surface area contributed by atoms with Crippen molar-refractivity contribution in [2.75, 3.05) is 0 Å². The van der Waals surface area contributed by atoms with Crippen LogP contribution in [0.1, 0.15) is 75.3 Å². The fourth-order valence-corrected chi connectivity index (χ4v) is 5.09. The molecule has 0 N–H and O–H groups in total. The first-order valence-corrected chi connectivity index (χ1v) is 10.4. The number of allylic oxidation sites excluding steroid dienone is 2. The lowest BCUT2D eigenvalue weighted by molar-refractivity contribution is -0.0821. The standard InChI is InChI=1S/C23H30F4/c1-2-16-3-5-17(6-4-16)18-7-9-19(10-8-18)20-11-13-21(14-12-20)22(24)15-23(25,26)27/h3-6,15,18-21H,2,7-14H2,1H3/b22-15-. The molecule has 0 bridgehead atoms. The molecule has 0 unspecified atom stereocenters. The van der Waals surface area contributed by atoms with Gasteiger partial charge in [-0.1, -0.05) is 31.2 Å². The molecule has 2 aliphatic carbocycles. The molecule has 3 rings (SSSR count). The van der Waals surface area contributed by atoms with Gasteiger partial charge in [-0.2, -0.15) is 13.2 Å². The Hall–Kier alpha value is -1.32. The Balaban J connectivity index is 1.47. The second-order valence-corrected chi connectivity index (χ2v) is 8.39. The molecule has 1 aromatic rings. The van der Waals surface area contributed by atoms with Crippen LogP contribution in [0.5, 0.6) is 0 Å². The molecule has 0 saturated heterocycles. The number of alkyl halides is 3. The summed E-state index contributed by atoms with van der Waals surface area (Å²) in [6.07, 6.45) is 3.98. The van der Waals surface area contributed by atoms with Crippen LogP contribution in [0.2, 0.25) is 0 Å². The summed E-state index contributed by atoms with van der Waals surface area (Å²) in [6.45, 7) is 2.17. The van der Waals surface area contributed by atoms with Gasteiger partial charge in [0.05, 0.1) is 6.08 Å². The van der Waals surface area contributed by atoms with E-state index in [1.54, 1.807) is 0 Å². The van der Waals surface area contributed by atoms with Gasteiger partial charge in [0.15, 0.2) is 0 Å². The molecule has 0 heterocycles. The molecule has 0 amide bonds. The van der Waals surface area contributed by atoms with Crippen LogP contribution in [0.15, 0.2) is 36.2 Å².